The number of nitrogens with one attached hydrogen (secondary N) is 1. The normalized spacial score (nSPS) is 26.8. The molecule has 0 unspecified atom stereocenters. The van der Waals surface area contributed by atoms with Crippen LogP contribution in [-0.4, -0.2) is 23.8 Å². The molecule has 0 aromatic heterocycles. The van der Waals surface area contributed by atoms with Crippen LogP contribution in [-0.2, 0) is 0 Å². The van der Waals surface area contributed by atoms with Crippen molar-refractivity contribution in [1.29, 1.82) is 0 Å². The van der Waals surface area contributed by atoms with E-state index in [-0.39, 0.29) is 5.54 Å². The Hall–Kier alpha value is -0.0800. The second-order valence-corrected chi connectivity index (χ2v) is 4.45. The lowest BCUT2D eigenvalue weighted by atomic mass is 9.77. The minimum Gasteiger partial charge on any atom is -0.394 e. The van der Waals surface area contributed by atoms with Crippen molar-refractivity contribution in [2.24, 2.45) is 5.92 Å². The molecule has 0 spiro atoms. The van der Waals surface area contributed by atoms with Crippen molar-refractivity contribution in [2.45, 2.75) is 44.1 Å². The largest absolute Gasteiger partial charge is 0.394 e. The maximum absolute atomic E-state index is 9.15. The van der Waals surface area contributed by atoms with Gasteiger partial charge in [0.1, 0.15) is 0 Å². The van der Waals surface area contributed by atoms with Crippen LogP contribution in [0.1, 0.15) is 38.5 Å². The number of hydrogen-bond acceptors (Lipinski definition) is 2. The summed E-state index contributed by atoms with van der Waals surface area (Å²) in [5, 5.41) is 12.7. The summed E-state index contributed by atoms with van der Waals surface area (Å²) in [4.78, 5) is 0. The third-order valence-electron chi connectivity index (χ3n) is 3.36. The lowest BCUT2D eigenvalue weighted by Gasteiger charge is -2.41. The van der Waals surface area contributed by atoms with E-state index in [9.17, 15) is 0 Å². The molecule has 2 fully saturated rings. The van der Waals surface area contributed by atoms with Crippen LogP contribution in [0.5, 0.6) is 0 Å². The number of hydrogen-bond donors (Lipinski definition) is 2. The van der Waals surface area contributed by atoms with E-state index in [4.69, 9.17) is 5.11 Å². The fraction of sp³-hybridized carbons (Fsp3) is 1.00. The van der Waals surface area contributed by atoms with Crippen molar-refractivity contribution in [3.8, 4) is 0 Å². The van der Waals surface area contributed by atoms with Crippen LogP contribution >= 0.6 is 0 Å². The zero-order chi connectivity index (χ0) is 8.44. The number of aliphatic hydroxyl groups excluding tert-OH is 1. The Morgan fingerprint density at radius 1 is 1.33 bits per heavy atom. The topological polar surface area (TPSA) is 32.3 Å². The molecule has 0 aromatic carbocycles. The first-order chi connectivity index (χ1) is 5.85. The maximum atomic E-state index is 9.15. The predicted octanol–water partition coefficient (Wildman–Crippen LogP) is 1.29. The Morgan fingerprint density at radius 3 is 2.50 bits per heavy atom. The molecule has 2 heteroatoms. The highest BCUT2D eigenvalue weighted by Gasteiger charge is 2.35. The summed E-state index contributed by atoms with van der Waals surface area (Å²) in [6, 6.07) is 0. The highest BCUT2D eigenvalue weighted by atomic mass is 16.3. The summed E-state index contributed by atoms with van der Waals surface area (Å²) >= 11 is 0. The van der Waals surface area contributed by atoms with E-state index >= 15 is 0 Å². The minimum absolute atomic E-state index is 0.134. The Balaban J connectivity index is 1.62. The molecule has 2 N–H and O–H groups in total. The highest BCUT2D eigenvalue weighted by molar-refractivity contribution is 4.95. The van der Waals surface area contributed by atoms with Gasteiger partial charge in [-0.15, -0.1) is 0 Å². The monoisotopic (exact) mass is 169 g/mol. The number of rotatable bonds is 5. The molecule has 12 heavy (non-hydrogen) atoms. The molecule has 0 amide bonds. The Labute approximate surface area is 74.4 Å². The van der Waals surface area contributed by atoms with Crippen molar-refractivity contribution < 1.29 is 5.11 Å². The van der Waals surface area contributed by atoms with Gasteiger partial charge in [0.15, 0.2) is 0 Å². The van der Waals surface area contributed by atoms with Crippen molar-refractivity contribution >= 4 is 0 Å². The van der Waals surface area contributed by atoms with Crippen molar-refractivity contribution in [1.82, 2.24) is 5.32 Å². The van der Waals surface area contributed by atoms with Crippen LogP contribution < -0.4 is 5.32 Å². The quantitative estimate of drug-likeness (QED) is 0.650. The summed E-state index contributed by atoms with van der Waals surface area (Å²) in [5.41, 5.74) is 0.134. The van der Waals surface area contributed by atoms with Gasteiger partial charge in [0, 0.05) is 5.54 Å². The fourth-order valence-corrected chi connectivity index (χ4v) is 1.94. The van der Waals surface area contributed by atoms with E-state index in [0.717, 1.165) is 12.5 Å². The van der Waals surface area contributed by atoms with Gasteiger partial charge in [-0.25, -0.2) is 0 Å². The molecule has 2 nitrogen and oxygen atoms in total. The van der Waals surface area contributed by atoms with Gasteiger partial charge in [-0.05, 0) is 38.1 Å². The van der Waals surface area contributed by atoms with Gasteiger partial charge in [-0.1, -0.05) is 12.8 Å². The lowest BCUT2D eigenvalue weighted by Crippen LogP contribution is -2.54. The first kappa shape index (κ1) is 8.52. The first-order valence-corrected chi connectivity index (χ1v) is 5.21. The summed E-state index contributed by atoms with van der Waals surface area (Å²) in [7, 11) is 0. The molecule has 0 aliphatic heterocycles. The van der Waals surface area contributed by atoms with E-state index in [1.54, 1.807) is 0 Å². The second-order valence-electron chi connectivity index (χ2n) is 4.45. The molecule has 0 aromatic rings. The van der Waals surface area contributed by atoms with Gasteiger partial charge >= 0.3 is 0 Å². The Kier molecular flexibility index (Phi) is 2.37. The fourth-order valence-electron chi connectivity index (χ4n) is 1.94. The van der Waals surface area contributed by atoms with E-state index in [1.165, 1.54) is 38.5 Å². The summed E-state index contributed by atoms with van der Waals surface area (Å²) < 4.78 is 0. The zero-order valence-electron chi connectivity index (χ0n) is 7.68. The first-order valence-electron chi connectivity index (χ1n) is 5.21. The van der Waals surface area contributed by atoms with Gasteiger partial charge in [-0.2, -0.15) is 0 Å². The molecule has 0 radical (unpaired) electrons. The van der Waals surface area contributed by atoms with Crippen LogP contribution in [0.3, 0.4) is 0 Å². The number of aliphatic hydroxyl groups is 1. The molecule has 0 heterocycles. The Bertz CT molecular complexity index is 144. The molecule has 0 bridgehead atoms. The maximum Gasteiger partial charge on any atom is 0.0613 e. The van der Waals surface area contributed by atoms with E-state index in [2.05, 4.69) is 5.32 Å². The van der Waals surface area contributed by atoms with Crippen LogP contribution in [0.4, 0.5) is 0 Å². The molecule has 2 aliphatic rings. The second kappa shape index (κ2) is 3.35. The van der Waals surface area contributed by atoms with Crippen molar-refractivity contribution in [2.75, 3.05) is 13.2 Å². The molecule has 70 valence electrons. The molecular weight excluding hydrogens is 150 g/mol. The molecule has 0 saturated heterocycles. The highest BCUT2D eigenvalue weighted by Crippen LogP contribution is 2.34. The average molecular weight is 169 g/mol. The average Bonchev–Trinajstić information content (AvgIpc) is 2.78. The van der Waals surface area contributed by atoms with Crippen molar-refractivity contribution in [3.05, 3.63) is 0 Å². The van der Waals surface area contributed by atoms with E-state index < -0.39 is 0 Å². The lowest BCUT2D eigenvalue weighted by molar-refractivity contribution is 0.0884. The van der Waals surface area contributed by atoms with Gasteiger partial charge < -0.3 is 10.4 Å². The Morgan fingerprint density at radius 2 is 2.08 bits per heavy atom. The van der Waals surface area contributed by atoms with E-state index in [0.29, 0.717) is 6.61 Å². The van der Waals surface area contributed by atoms with Crippen molar-refractivity contribution in [3.63, 3.8) is 0 Å². The molecular formula is C10H19NO. The van der Waals surface area contributed by atoms with Gasteiger partial charge in [0.05, 0.1) is 6.61 Å². The summed E-state index contributed by atoms with van der Waals surface area (Å²) in [6.45, 7) is 1.45. The van der Waals surface area contributed by atoms with E-state index in [1.807, 2.05) is 0 Å². The van der Waals surface area contributed by atoms with Crippen LogP contribution in [0.15, 0.2) is 0 Å². The van der Waals surface area contributed by atoms with Gasteiger partial charge in [0.25, 0.3) is 0 Å². The SMILES string of the molecule is OCC1(NCCC2CC2)CCC1. The van der Waals surface area contributed by atoms with Crippen LogP contribution in [0, 0.1) is 5.92 Å². The minimum atomic E-state index is 0.134. The third kappa shape index (κ3) is 1.80. The summed E-state index contributed by atoms with van der Waals surface area (Å²) in [6.07, 6.45) is 7.84. The van der Waals surface area contributed by atoms with Crippen LogP contribution in [0.25, 0.3) is 0 Å². The molecule has 2 rings (SSSR count). The standard InChI is InChI=1S/C10H19NO/c12-8-10(5-1-6-10)11-7-4-9-2-3-9/h9,11-12H,1-8H2. The van der Waals surface area contributed by atoms with Gasteiger partial charge in [0.2, 0.25) is 0 Å². The molecule has 2 aliphatic carbocycles. The predicted molar refractivity (Wildman–Crippen MR) is 49.0 cm³/mol. The zero-order valence-corrected chi connectivity index (χ0v) is 7.68. The smallest absolute Gasteiger partial charge is 0.0613 e. The molecule has 2 saturated carbocycles. The molecule has 0 atom stereocenters. The third-order valence-corrected chi connectivity index (χ3v) is 3.36. The van der Waals surface area contributed by atoms with Crippen LogP contribution in [0.2, 0.25) is 0 Å². The van der Waals surface area contributed by atoms with Gasteiger partial charge in [-0.3, -0.25) is 0 Å². The summed E-state index contributed by atoms with van der Waals surface area (Å²) in [5.74, 6) is 1.01.